The minimum Gasteiger partial charge on any atom is -0.506 e. The number of rotatable bonds is 5. The van der Waals surface area contributed by atoms with E-state index < -0.39 is 0 Å². The maximum Gasteiger partial charge on any atom is 0.226 e. The highest BCUT2D eigenvalue weighted by Gasteiger charge is 2.36. The van der Waals surface area contributed by atoms with Gasteiger partial charge in [-0.2, -0.15) is 5.10 Å². The number of nitrogens with zero attached hydrogens (tertiary/aromatic N) is 3. The van der Waals surface area contributed by atoms with Gasteiger partial charge in [-0.05, 0) is 31.0 Å². The Morgan fingerprint density at radius 3 is 3.17 bits per heavy atom. The minimum atomic E-state index is -0.264. The van der Waals surface area contributed by atoms with Gasteiger partial charge in [-0.15, -0.1) is 0 Å². The highest BCUT2D eigenvalue weighted by Crippen LogP contribution is 2.34. The van der Waals surface area contributed by atoms with Crippen LogP contribution in [0.3, 0.4) is 0 Å². The van der Waals surface area contributed by atoms with Gasteiger partial charge in [0.05, 0.1) is 17.8 Å². The first-order chi connectivity index (χ1) is 11.2. The molecule has 2 N–H and O–H groups in total. The fourth-order valence-electron chi connectivity index (χ4n) is 2.89. The molecular weight excluding hydrogens is 296 g/mol. The van der Waals surface area contributed by atoms with Crippen molar-refractivity contribution in [2.24, 2.45) is 5.92 Å². The number of pyridine rings is 1. The van der Waals surface area contributed by atoms with Crippen LogP contribution in [-0.4, -0.2) is 32.4 Å². The van der Waals surface area contributed by atoms with Crippen LogP contribution < -0.4 is 5.32 Å². The van der Waals surface area contributed by atoms with E-state index in [2.05, 4.69) is 15.4 Å². The number of nitrogens with one attached hydrogen (secondary N) is 1. The number of aromatic nitrogens is 3. The second-order valence-electron chi connectivity index (χ2n) is 5.53. The van der Waals surface area contributed by atoms with Crippen molar-refractivity contribution in [2.75, 3.05) is 6.61 Å². The topological polar surface area (TPSA) is 89.3 Å². The number of hydrogen-bond donors (Lipinski definition) is 2. The highest BCUT2D eigenvalue weighted by atomic mass is 16.5. The molecule has 122 valence electrons. The first-order valence-electron chi connectivity index (χ1n) is 7.73. The average Bonchev–Trinajstić information content (AvgIpc) is 3.20. The third-order valence-corrected chi connectivity index (χ3v) is 4.02. The van der Waals surface area contributed by atoms with Crippen molar-refractivity contribution in [2.45, 2.75) is 32.5 Å². The average molecular weight is 316 g/mol. The Kier molecular flexibility index (Phi) is 4.57. The zero-order chi connectivity index (χ0) is 16.2. The zero-order valence-electron chi connectivity index (χ0n) is 13.0. The zero-order valence-corrected chi connectivity index (χ0v) is 13.0. The summed E-state index contributed by atoms with van der Waals surface area (Å²) in [6.45, 7) is 3.64. The molecule has 1 amide bonds. The van der Waals surface area contributed by atoms with Gasteiger partial charge in [-0.3, -0.25) is 14.5 Å². The summed E-state index contributed by atoms with van der Waals surface area (Å²) in [6, 6.07) is 3.49. The molecule has 2 aromatic rings. The largest absolute Gasteiger partial charge is 0.506 e. The molecule has 1 aliphatic heterocycles. The van der Waals surface area contributed by atoms with Crippen molar-refractivity contribution in [3.05, 3.63) is 42.0 Å². The lowest BCUT2D eigenvalue weighted by molar-refractivity contribution is -0.127. The molecule has 0 unspecified atom stereocenters. The predicted octanol–water partition coefficient (Wildman–Crippen LogP) is 1.40. The number of carbonyl (C=O) groups is 1. The molecule has 3 rings (SSSR count). The van der Waals surface area contributed by atoms with Gasteiger partial charge >= 0.3 is 0 Å². The van der Waals surface area contributed by atoms with Gasteiger partial charge in [0, 0.05) is 32.1 Å². The van der Waals surface area contributed by atoms with E-state index in [0.717, 1.165) is 17.8 Å². The van der Waals surface area contributed by atoms with Crippen LogP contribution in [0, 0.1) is 5.92 Å². The molecule has 7 heteroatoms. The van der Waals surface area contributed by atoms with Crippen LogP contribution in [-0.2, 0) is 22.6 Å². The number of carbonyl (C=O) groups excluding carboxylic acids is 1. The molecule has 0 spiro atoms. The normalized spacial score (nSPS) is 20.6. The van der Waals surface area contributed by atoms with Gasteiger partial charge in [0.1, 0.15) is 11.9 Å². The minimum absolute atomic E-state index is 0.0558. The molecule has 0 bridgehead atoms. The van der Waals surface area contributed by atoms with Crippen molar-refractivity contribution in [1.82, 2.24) is 20.1 Å². The lowest BCUT2D eigenvalue weighted by atomic mass is 9.98. The number of aryl methyl sites for hydroxylation is 1. The number of hydrogen-bond acceptors (Lipinski definition) is 5. The monoisotopic (exact) mass is 316 g/mol. The first-order valence-corrected chi connectivity index (χ1v) is 7.73. The Bertz CT molecular complexity index is 685. The molecule has 0 aliphatic carbocycles. The van der Waals surface area contributed by atoms with E-state index in [1.165, 1.54) is 6.20 Å². The summed E-state index contributed by atoms with van der Waals surface area (Å²) in [6.07, 6.45) is 5.13. The van der Waals surface area contributed by atoms with Crippen LogP contribution in [0.15, 0.2) is 30.7 Å². The molecular formula is C16H20N4O3. The maximum atomic E-state index is 12.5. The van der Waals surface area contributed by atoms with Crippen molar-refractivity contribution in [1.29, 1.82) is 0 Å². The van der Waals surface area contributed by atoms with Gasteiger partial charge in [0.25, 0.3) is 0 Å². The van der Waals surface area contributed by atoms with Crippen molar-refractivity contribution in [3.8, 4) is 5.75 Å². The Labute approximate surface area is 134 Å². The SMILES string of the molecule is CCn1nccc1[C@@H]1OCC[C@H]1C(=O)NCc1cncc(O)c1. The second kappa shape index (κ2) is 6.78. The van der Waals surface area contributed by atoms with E-state index >= 15 is 0 Å². The van der Waals surface area contributed by atoms with Crippen LogP contribution in [0.5, 0.6) is 5.75 Å². The Hall–Kier alpha value is -2.41. The van der Waals surface area contributed by atoms with Crippen LogP contribution in [0.2, 0.25) is 0 Å². The molecule has 2 aromatic heterocycles. The van der Waals surface area contributed by atoms with Crippen LogP contribution in [0.1, 0.15) is 30.7 Å². The Morgan fingerprint density at radius 2 is 2.39 bits per heavy atom. The molecule has 3 heterocycles. The summed E-state index contributed by atoms with van der Waals surface area (Å²) in [5, 5.41) is 16.6. The smallest absolute Gasteiger partial charge is 0.226 e. The summed E-state index contributed by atoms with van der Waals surface area (Å²) in [5.41, 5.74) is 1.69. The molecule has 0 radical (unpaired) electrons. The van der Waals surface area contributed by atoms with Gasteiger partial charge in [-0.25, -0.2) is 0 Å². The van der Waals surface area contributed by atoms with E-state index in [1.54, 1.807) is 18.5 Å². The molecule has 7 nitrogen and oxygen atoms in total. The summed E-state index contributed by atoms with van der Waals surface area (Å²) >= 11 is 0. The summed E-state index contributed by atoms with van der Waals surface area (Å²) in [5.74, 6) is -0.201. The molecule has 1 fully saturated rings. The van der Waals surface area contributed by atoms with Crippen molar-refractivity contribution >= 4 is 5.91 Å². The van der Waals surface area contributed by atoms with Gasteiger partial charge < -0.3 is 15.2 Å². The number of ether oxygens (including phenoxy) is 1. The maximum absolute atomic E-state index is 12.5. The van der Waals surface area contributed by atoms with Crippen LogP contribution in [0.25, 0.3) is 0 Å². The lowest BCUT2D eigenvalue weighted by Crippen LogP contribution is -2.32. The molecule has 23 heavy (non-hydrogen) atoms. The van der Waals surface area contributed by atoms with Gasteiger partial charge in [0.2, 0.25) is 5.91 Å². The van der Waals surface area contributed by atoms with Crippen LogP contribution >= 0.6 is 0 Å². The number of aromatic hydroxyl groups is 1. The van der Waals surface area contributed by atoms with Crippen molar-refractivity contribution < 1.29 is 14.6 Å². The number of amides is 1. The second-order valence-corrected chi connectivity index (χ2v) is 5.53. The fourth-order valence-corrected chi connectivity index (χ4v) is 2.89. The first kappa shape index (κ1) is 15.5. The summed E-state index contributed by atoms with van der Waals surface area (Å²) in [7, 11) is 0. The lowest BCUT2D eigenvalue weighted by Gasteiger charge is -2.19. The predicted molar refractivity (Wildman–Crippen MR) is 82.4 cm³/mol. The third kappa shape index (κ3) is 3.34. The third-order valence-electron chi connectivity index (χ3n) is 4.02. The molecule has 2 atom stereocenters. The van der Waals surface area contributed by atoms with E-state index in [4.69, 9.17) is 4.74 Å². The fraction of sp³-hybridized carbons (Fsp3) is 0.438. The summed E-state index contributed by atoms with van der Waals surface area (Å²) in [4.78, 5) is 16.4. The van der Waals surface area contributed by atoms with Crippen molar-refractivity contribution in [3.63, 3.8) is 0 Å². The molecule has 1 aliphatic rings. The van der Waals surface area contributed by atoms with Crippen LogP contribution in [0.4, 0.5) is 0 Å². The van der Waals surface area contributed by atoms with E-state index in [1.807, 2.05) is 17.7 Å². The highest BCUT2D eigenvalue weighted by molar-refractivity contribution is 5.79. The Morgan fingerprint density at radius 1 is 1.52 bits per heavy atom. The molecule has 0 saturated carbocycles. The molecule has 1 saturated heterocycles. The summed E-state index contributed by atoms with van der Waals surface area (Å²) < 4.78 is 7.63. The van der Waals surface area contributed by atoms with Gasteiger partial charge in [-0.1, -0.05) is 0 Å². The van der Waals surface area contributed by atoms with E-state index in [9.17, 15) is 9.90 Å². The van der Waals surface area contributed by atoms with Gasteiger partial charge in [0.15, 0.2) is 0 Å². The van der Waals surface area contributed by atoms with E-state index in [-0.39, 0.29) is 23.7 Å². The quantitative estimate of drug-likeness (QED) is 0.870. The van der Waals surface area contributed by atoms with E-state index in [0.29, 0.717) is 19.6 Å². The standard InChI is InChI=1S/C16H20N4O3/c1-2-20-14(3-5-19-20)15-13(4-6-23-15)16(22)18-9-11-7-12(21)10-17-8-11/h3,5,7-8,10,13,15,21H,2,4,6,9H2,1H3,(H,18,22)/t13-,15-/m1/s1. The molecule has 0 aromatic carbocycles. The Balaban J connectivity index is 1.66.